The van der Waals surface area contributed by atoms with Gasteiger partial charge in [0.15, 0.2) is 12.4 Å². The number of nitrogen functional groups attached to an aromatic ring is 1. The highest BCUT2D eigenvalue weighted by molar-refractivity contribution is 9.10. The summed E-state index contributed by atoms with van der Waals surface area (Å²) in [6.45, 7) is 0. The molecule has 0 saturated carbocycles. The van der Waals surface area contributed by atoms with Crippen LogP contribution in [0.1, 0.15) is 20.8 Å². The molecule has 2 N–H and O–H groups in total. The van der Waals surface area contributed by atoms with Crippen LogP contribution in [0.25, 0.3) is 5.69 Å². The molecule has 144 valence electrons. The zero-order valence-electron chi connectivity index (χ0n) is 15.4. The second-order valence-corrected chi connectivity index (χ2v) is 9.55. The molecule has 4 aromatic rings. The highest BCUT2D eigenvalue weighted by Gasteiger charge is 2.28. The van der Waals surface area contributed by atoms with Crippen LogP contribution in [-0.2, 0) is 5.75 Å². The first-order valence-electron chi connectivity index (χ1n) is 8.99. The van der Waals surface area contributed by atoms with Gasteiger partial charge < -0.3 is 5.73 Å². The first kappa shape index (κ1) is 19.9. The number of nitrogens with zero attached hydrogens (tertiary/aromatic N) is 1. The van der Waals surface area contributed by atoms with E-state index in [1.54, 1.807) is 11.8 Å². The van der Waals surface area contributed by atoms with E-state index in [0.29, 0.717) is 16.1 Å². The van der Waals surface area contributed by atoms with Crippen molar-refractivity contribution in [2.45, 2.75) is 9.96 Å². The summed E-state index contributed by atoms with van der Waals surface area (Å²) in [6, 6.07) is 23.5. The van der Waals surface area contributed by atoms with Crippen molar-refractivity contribution in [3.63, 3.8) is 0 Å². The van der Waals surface area contributed by atoms with Crippen molar-refractivity contribution < 1.29 is 9.36 Å². The maximum atomic E-state index is 13.1. The van der Waals surface area contributed by atoms with Crippen molar-refractivity contribution in [3.8, 4) is 5.69 Å². The van der Waals surface area contributed by atoms with Crippen LogP contribution < -0.4 is 10.3 Å². The number of carbonyl (C=O) groups is 1. The molecule has 0 radical (unpaired) electrons. The third-order valence-corrected chi connectivity index (χ3v) is 7.44. The Hall–Kier alpha value is -2.41. The molecule has 6 heteroatoms. The molecule has 0 spiro atoms. The van der Waals surface area contributed by atoms with Crippen LogP contribution in [-0.4, -0.2) is 5.78 Å². The van der Waals surface area contributed by atoms with Gasteiger partial charge in [-0.05, 0) is 29.8 Å². The number of ketones is 1. The third kappa shape index (κ3) is 4.45. The van der Waals surface area contributed by atoms with Gasteiger partial charge in [-0.15, -0.1) is 23.1 Å². The normalized spacial score (nSPS) is 10.8. The van der Waals surface area contributed by atoms with Crippen molar-refractivity contribution in [2.75, 3.05) is 5.73 Å². The fraction of sp³-hybridized carbons (Fsp3) is 0.0435. The van der Waals surface area contributed by atoms with Crippen molar-refractivity contribution >= 4 is 50.5 Å². The Bertz CT molecular complexity index is 1130. The zero-order valence-corrected chi connectivity index (χ0v) is 18.6. The number of anilines is 1. The average Bonchev–Trinajstić information content (AvgIpc) is 3.10. The molecule has 2 aromatic heterocycles. The first-order chi connectivity index (χ1) is 14.1. The van der Waals surface area contributed by atoms with Crippen LogP contribution in [0, 0.1) is 0 Å². The molecular formula is C23H18BrN2OS2+. The lowest BCUT2D eigenvalue weighted by atomic mass is 10.1. The Balaban J connectivity index is 1.74. The predicted molar refractivity (Wildman–Crippen MR) is 124 cm³/mol. The summed E-state index contributed by atoms with van der Waals surface area (Å²) in [6.07, 6.45) is 3.91. The predicted octanol–water partition coefficient (Wildman–Crippen LogP) is 5.89. The molecule has 0 aliphatic carbocycles. The molecule has 0 amide bonds. The van der Waals surface area contributed by atoms with E-state index in [9.17, 15) is 4.79 Å². The second-order valence-electron chi connectivity index (χ2n) is 6.37. The van der Waals surface area contributed by atoms with Crippen LogP contribution in [0.5, 0.6) is 0 Å². The van der Waals surface area contributed by atoms with Crippen LogP contribution >= 0.6 is 39.0 Å². The fourth-order valence-electron chi connectivity index (χ4n) is 2.93. The van der Waals surface area contributed by atoms with Crippen molar-refractivity contribution in [1.82, 2.24) is 0 Å². The molecule has 0 saturated heterocycles. The molecule has 0 bridgehead atoms. The van der Waals surface area contributed by atoms with Crippen LogP contribution in [0.4, 0.5) is 5.69 Å². The lowest BCUT2D eigenvalue weighted by molar-refractivity contribution is -0.596. The Morgan fingerprint density at radius 3 is 2.31 bits per heavy atom. The number of hydrogen-bond acceptors (Lipinski definition) is 4. The summed E-state index contributed by atoms with van der Waals surface area (Å²) in [4.78, 5) is 13.7. The molecule has 2 aromatic carbocycles. The molecule has 29 heavy (non-hydrogen) atoms. The fourth-order valence-corrected chi connectivity index (χ4v) is 5.61. The van der Waals surface area contributed by atoms with Gasteiger partial charge in [-0.25, -0.2) is 0 Å². The second kappa shape index (κ2) is 8.95. The Morgan fingerprint density at radius 1 is 0.966 bits per heavy atom. The van der Waals surface area contributed by atoms with Gasteiger partial charge in [-0.3, -0.25) is 4.79 Å². The van der Waals surface area contributed by atoms with Gasteiger partial charge in [0.2, 0.25) is 5.78 Å². The Kier molecular flexibility index (Phi) is 6.13. The van der Waals surface area contributed by atoms with Crippen molar-refractivity contribution in [1.29, 1.82) is 0 Å². The van der Waals surface area contributed by atoms with Gasteiger partial charge in [0.05, 0.1) is 0 Å². The summed E-state index contributed by atoms with van der Waals surface area (Å²) in [5.74, 6) is 0.761. The first-order valence-corrected chi connectivity index (χ1v) is 11.6. The SMILES string of the molecule is Nc1c(C(=O)c2ccc(Br)cc2)sc(SCc2ccccc2)c1-[n+]1ccccc1. The number of carbonyl (C=O) groups excluding carboxylic acids is 1. The molecular weight excluding hydrogens is 464 g/mol. The third-order valence-electron chi connectivity index (χ3n) is 4.39. The number of benzene rings is 2. The van der Waals surface area contributed by atoms with Crippen LogP contribution in [0.3, 0.4) is 0 Å². The highest BCUT2D eigenvalue weighted by atomic mass is 79.9. The lowest BCUT2D eigenvalue weighted by Crippen LogP contribution is -2.30. The molecule has 0 aliphatic heterocycles. The average molecular weight is 482 g/mol. The number of halogens is 1. The van der Waals surface area contributed by atoms with Crippen LogP contribution in [0.15, 0.2) is 93.9 Å². The van der Waals surface area contributed by atoms with Gasteiger partial charge in [0, 0.05) is 27.9 Å². The maximum Gasteiger partial charge on any atom is 0.259 e. The quantitative estimate of drug-likeness (QED) is 0.212. The van der Waals surface area contributed by atoms with E-state index in [4.69, 9.17) is 5.73 Å². The van der Waals surface area contributed by atoms with Gasteiger partial charge in [-0.1, -0.05) is 52.3 Å². The van der Waals surface area contributed by atoms with E-state index in [0.717, 1.165) is 20.1 Å². The summed E-state index contributed by atoms with van der Waals surface area (Å²) in [5, 5.41) is 0. The molecule has 4 rings (SSSR count). The van der Waals surface area contributed by atoms with E-state index in [-0.39, 0.29) is 5.78 Å². The number of thiophene rings is 1. The molecule has 3 nitrogen and oxygen atoms in total. The lowest BCUT2D eigenvalue weighted by Gasteiger charge is -2.01. The van der Waals surface area contributed by atoms with Gasteiger partial charge in [0.25, 0.3) is 5.69 Å². The maximum absolute atomic E-state index is 13.1. The van der Waals surface area contributed by atoms with E-state index in [1.165, 1.54) is 16.9 Å². The minimum Gasteiger partial charge on any atom is -0.392 e. The van der Waals surface area contributed by atoms with Gasteiger partial charge >= 0.3 is 0 Å². The van der Waals surface area contributed by atoms with Gasteiger partial charge in [0.1, 0.15) is 14.8 Å². The molecule has 0 aliphatic rings. The number of pyridine rings is 1. The smallest absolute Gasteiger partial charge is 0.259 e. The standard InChI is InChI=1S/C23H17BrN2OS2/c24-18-11-9-17(10-12-18)21(27)22-19(25)20(26-13-5-2-6-14-26)23(29-22)28-15-16-7-3-1-4-8-16/h1-14H,15H2,(H-,25,27)/p+1. The van der Waals surface area contributed by atoms with Crippen molar-refractivity contribution in [2.24, 2.45) is 0 Å². The Morgan fingerprint density at radius 2 is 1.62 bits per heavy atom. The van der Waals surface area contributed by atoms with E-state index in [1.807, 2.05) is 77.6 Å². The van der Waals surface area contributed by atoms with Crippen LogP contribution in [0.2, 0.25) is 0 Å². The number of aromatic nitrogens is 1. The minimum atomic E-state index is -0.0515. The number of nitrogens with two attached hydrogens (primary N) is 1. The monoisotopic (exact) mass is 481 g/mol. The summed E-state index contributed by atoms with van der Waals surface area (Å²) in [7, 11) is 0. The van der Waals surface area contributed by atoms with Gasteiger partial charge in [-0.2, -0.15) is 4.57 Å². The number of rotatable bonds is 6. The highest BCUT2D eigenvalue weighted by Crippen LogP contribution is 2.40. The minimum absolute atomic E-state index is 0.0515. The van der Waals surface area contributed by atoms with Crippen molar-refractivity contribution in [3.05, 3.63) is 106 Å². The number of hydrogen-bond donors (Lipinski definition) is 1. The van der Waals surface area contributed by atoms with E-state index < -0.39 is 0 Å². The van der Waals surface area contributed by atoms with E-state index in [2.05, 4.69) is 28.1 Å². The summed E-state index contributed by atoms with van der Waals surface area (Å²) in [5.41, 5.74) is 9.78. The largest absolute Gasteiger partial charge is 0.392 e. The summed E-state index contributed by atoms with van der Waals surface area (Å²) >= 11 is 6.58. The molecule has 0 atom stereocenters. The topological polar surface area (TPSA) is 47.0 Å². The molecule has 2 heterocycles. The zero-order chi connectivity index (χ0) is 20.2. The Labute approximate surface area is 186 Å². The number of thioether (sulfide) groups is 1. The summed E-state index contributed by atoms with van der Waals surface area (Å²) < 4.78 is 3.95. The van der Waals surface area contributed by atoms with E-state index >= 15 is 0 Å². The molecule has 0 fully saturated rings. The molecule has 0 unspecified atom stereocenters.